The van der Waals surface area contributed by atoms with Crippen molar-refractivity contribution < 1.29 is 129 Å². The number of aromatic carboxylic acids is 1. The van der Waals surface area contributed by atoms with Crippen molar-refractivity contribution in [1.82, 2.24) is 15.0 Å². The van der Waals surface area contributed by atoms with Crippen LogP contribution in [0.3, 0.4) is 0 Å². The van der Waals surface area contributed by atoms with Gasteiger partial charge in [-0.3, -0.25) is 10.1 Å². The normalized spacial score (nSPS) is 11.0. The van der Waals surface area contributed by atoms with Crippen LogP contribution in [0, 0.1) is 10.1 Å². The zero-order valence-corrected chi connectivity index (χ0v) is 32.7. The van der Waals surface area contributed by atoms with Crippen LogP contribution in [-0.2, 0) is 20.2 Å². The number of nitro benzene ring substituents is 1. The fourth-order valence-corrected chi connectivity index (χ4v) is 5.07. The molecule has 228 valence electrons. The standard InChI is InChI=1S/C25H21N7O10S2.3Na/c1-26-23-29-24(27-17-8-5-16(6-9-17)22(33)34)31-25(30-23)28-18-10-4-14(20(12-18)43(37,38)39)2-3-15-7-11-19(32(35)36)13-21(15)44(40,41)42;;;/h2-13H,1H3,(H,33,34)(H,37,38,39)(H,40,41,42)(H3,26,27,28,29,30,31);;;/q;3*+1/p-3/b3-2+;;;. The van der Waals surface area contributed by atoms with Crippen LogP contribution in [0.2, 0.25) is 0 Å². The van der Waals surface area contributed by atoms with Gasteiger partial charge in [0.2, 0.25) is 17.8 Å². The summed E-state index contributed by atoms with van der Waals surface area (Å²) in [7, 11) is -8.75. The van der Waals surface area contributed by atoms with Gasteiger partial charge in [-0.1, -0.05) is 30.4 Å². The summed E-state index contributed by atoms with van der Waals surface area (Å²) in [5, 5.41) is 30.3. The number of nitrogens with zero attached hydrogens (tertiary/aromatic N) is 4. The number of aromatic nitrogens is 3. The Morgan fingerprint density at radius 3 is 1.64 bits per heavy atom. The van der Waals surface area contributed by atoms with Gasteiger partial charge < -0.3 is 35.0 Å². The van der Waals surface area contributed by atoms with Crippen LogP contribution in [0.15, 0.2) is 70.5 Å². The van der Waals surface area contributed by atoms with Gasteiger partial charge in [-0.05, 0) is 47.0 Å². The van der Waals surface area contributed by atoms with Gasteiger partial charge in [0, 0.05) is 30.6 Å². The largest absolute Gasteiger partial charge is 1.00 e. The number of benzene rings is 3. The van der Waals surface area contributed by atoms with Crippen molar-refractivity contribution in [2.45, 2.75) is 9.79 Å². The molecule has 22 heteroatoms. The van der Waals surface area contributed by atoms with Gasteiger partial charge in [-0.2, -0.15) is 15.0 Å². The van der Waals surface area contributed by atoms with Crippen LogP contribution >= 0.6 is 0 Å². The second kappa shape index (κ2) is 17.8. The summed E-state index contributed by atoms with van der Waals surface area (Å²) in [5.41, 5.74) is -0.691. The average molecular weight is 710 g/mol. The van der Waals surface area contributed by atoms with E-state index in [1.807, 2.05) is 0 Å². The van der Waals surface area contributed by atoms with Crippen LogP contribution < -0.4 is 110 Å². The summed E-state index contributed by atoms with van der Waals surface area (Å²) in [6, 6.07) is 11.5. The second-order valence-electron chi connectivity index (χ2n) is 8.64. The summed E-state index contributed by atoms with van der Waals surface area (Å²) >= 11 is 0. The van der Waals surface area contributed by atoms with Crippen molar-refractivity contribution in [2.24, 2.45) is 0 Å². The van der Waals surface area contributed by atoms with Crippen LogP contribution in [0.25, 0.3) is 12.2 Å². The molecule has 0 spiro atoms. The number of rotatable bonds is 11. The number of nitrogens with one attached hydrogen (secondary N) is 3. The summed E-state index contributed by atoms with van der Waals surface area (Å²) in [6.45, 7) is 0. The molecule has 4 aromatic rings. The number of hydrogen-bond donors (Lipinski definition) is 3. The van der Waals surface area contributed by atoms with E-state index in [-0.39, 0.29) is 129 Å². The molecule has 0 bridgehead atoms. The summed E-state index contributed by atoms with van der Waals surface area (Å²) < 4.78 is 71.3. The van der Waals surface area contributed by atoms with E-state index in [1.165, 1.54) is 43.4 Å². The maximum atomic E-state index is 12.1. The van der Waals surface area contributed by atoms with Gasteiger partial charge in [0.15, 0.2) is 0 Å². The minimum atomic E-state index is -5.16. The van der Waals surface area contributed by atoms with Crippen LogP contribution in [0.1, 0.15) is 21.5 Å². The molecule has 1 heterocycles. The van der Waals surface area contributed by atoms with Crippen LogP contribution in [0.4, 0.5) is 34.9 Å². The number of carbonyl (C=O) groups is 1. The van der Waals surface area contributed by atoms with Crippen molar-refractivity contribution in [1.29, 1.82) is 0 Å². The Balaban J connectivity index is 0.00000368. The topological polar surface area (TPSA) is 272 Å². The number of anilines is 5. The minimum absolute atomic E-state index is 0. The van der Waals surface area contributed by atoms with Gasteiger partial charge >= 0.3 is 88.7 Å². The number of non-ortho nitro benzene ring substituents is 1. The Kier molecular flexibility index (Phi) is 16.1. The zero-order chi connectivity index (χ0) is 32.2. The van der Waals surface area contributed by atoms with Crippen molar-refractivity contribution in [3.63, 3.8) is 0 Å². The van der Waals surface area contributed by atoms with E-state index in [9.17, 15) is 46.0 Å². The molecule has 0 fully saturated rings. The monoisotopic (exact) mass is 709 g/mol. The number of carbonyl (C=O) groups excluding carboxylic acids is 1. The van der Waals surface area contributed by atoms with E-state index < -0.39 is 46.6 Å². The third-order valence-electron chi connectivity index (χ3n) is 5.69. The average Bonchev–Trinajstić information content (AvgIpc) is 2.95. The maximum Gasteiger partial charge on any atom is 1.00 e. The van der Waals surface area contributed by atoms with E-state index in [0.29, 0.717) is 11.8 Å². The molecule has 0 amide bonds. The molecule has 17 nitrogen and oxygen atoms in total. The van der Waals surface area contributed by atoms with Gasteiger partial charge in [-0.15, -0.1) is 0 Å². The molecule has 3 N–H and O–H groups in total. The molecular formula is C25H18N7Na3O10S2. The Morgan fingerprint density at radius 1 is 0.723 bits per heavy atom. The molecule has 0 radical (unpaired) electrons. The van der Waals surface area contributed by atoms with Crippen molar-refractivity contribution >= 4 is 73.3 Å². The first-order chi connectivity index (χ1) is 20.6. The molecule has 0 unspecified atom stereocenters. The number of carboxylic acid groups (broad SMARTS) is 1. The molecule has 1 aromatic heterocycles. The minimum Gasteiger partial charge on any atom is -0.744 e. The summed E-state index contributed by atoms with van der Waals surface area (Å²) in [6.07, 6.45) is 2.08. The van der Waals surface area contributed by atoms with Crippen LogP contribution in [0.5, 0.6) is 0 Å². The SMILES string of the molecule is CNc1nc(Nc2ccc(C(=O)[O-])cc2)nc(Nc2ccc(/C=C/c3ccc([N+](=O)[O-])cc3S(=O)(=O)[O-])c(S(=O)(=O)[O-])c2)n1.[Na+].[Na+].[Na+]. The molecule has 3 aromatic carbocycles. The number of hydrogen-bond acceptors (Lipinski definition) is 16. The zero-order valence-electron chi connectivity index (χ0n) is 25.1. The summed E-state index contributed by atoms with van der Waals surface area (Å²) in [5.74, 6) is -1.35. The number of nitro groups is 1. The van der Waals surface area contributed by atoms with Gasteiger partial charge in [0.05, 0.1) is 20.7 Å². The van der Waals surface area contributed by atoms with Crippen molar-refractivity contribution in [2.75, 3.05) is 23.0 Å². The first kappa shape index (κ1) is 42.5. The second-order valence-corrected chi connectivity index (χ2v) is 11.3. The molecular weight excluding hydrogens is 691 g/mol. The first-order valence-corrected chi connectivity index (χ1v) is 14.8. The Morgan fingerprint density at radius 2 is 1.17 bits per heavy atom. The Labute approximate surface area is 334 Å². The van der Waals surface area contributed by atoms with Crippen molar-refractivity contribution in [3.05, 3.63) is 87.5 Å². The van der Waals surface area contributed by atoms with E-state index in [0.717, 1.165) is 30.4 Å². The molecule has 0 atom stereocenters. The Hall–Kier alpha value is -2.50. The maximum absolute atomic E-state index is 12.1. The Bertz CT molecular complexity index is 2030. The third-order valence-corrected chi connectivity index (χ3v) is 7.48. The van der Waals surface area contributed by atoms with Crippen molar-refractivity contribution in [3.8, 4) is 0 Å². The quantitative estimate of drug-likeness (QED) is 0.0429. The van der Waals surface area contributed by atoms with Gasteiger partial charge in [0.1, 0.15) is 20.2 Å². The van der Waals surface area contributed by atoms with E-state index in [4.69, 9.17) is 0 Å². The fourth-order valence-electron chi connectivity index (χ4n) is 3.68. The molecule has 0 aliphatic rings. The smallest absolute Gasteiger partial charge is 0.744 e. The van der Waals surface area contributed by atoms with E-state index >= 15 is 0 Å². The predicted molar refractivity (Wildman–Crippen MR) is 151 cm³/mol. The molecule has 0 saturated heterocycles. The fraction of sp³-hybridized carbons (Fsp3) is 0.0400. The van der Waals surface area contributed by atoms with E-state index in [2.05, 4.69) is 30.9 Å². The predicted octanol–water partition coefficient (Wildman–Crippen LogP) is -7.34. The molecule has 47 heavy (non-hydrogen) atoms. The molecule has 0 aliphatic carbocycles. The molecule has 0 saturated carbocycles. The molecule has 0 aliphatic heterocycles. The van der Waals surface area contributed by atoms with Gasteiger partial charge in [0.25, 0.3) is 5.69 Å². The van der Waals surface area contributed by atoms with Gasteiger partial charge in [-0.25, -0.2) is 16.8 Å². The summed E-state index contributed by atoms with van der Waals surface area (Å²) in [4.78, 5) is 31.9. The number of carboxylic acids is 1. The molecule has 4 rings (SSSR count). The third kappa shape index (κ3) is 11.6. The van der Waals surface area contributed by atoms with E-state index in [1.54, 1.807) is 0 Å². The van der Waals surface area contributed by atoms with Crippen LogP contribution in [-0.4, -0.2) is 58.8 Å². The first-order valence-electron chi connectivity index (χ1n) is 12.0.